The lowest BCUT2D eigenvalue weighted by Gasteiger charge is -2.20. The van der Waals surface area contributed by atoms with Gasteiger partial charge in [0, 0.05) is 0 Å². The predicted octanol–water partition coefficient (Wildman–Crippen LogP) is 2.87. The van der Waals surface area contributed by atoms with E-state index < -0.39 is 18.1 Å². The van der Waals surface area contributed by atoms with Gasteiger partial charge in [0.05, 0.1) is 0 Å². The summed E-state index contributed by atoms with van der Waals surface area (Å²) >= 11 is 0. The van der Waals surface area contributed by atoms with Gasteiger partial charge < -0.3 is 15.2 Å². The van der Waals surface area contributed by atoms with E-state index in [0.717, 1.165) is 30.4 Å². The molecule has 2 N–H and O–H groups in total. The fourth-order valence-corrected chi connectivity index (χ4v) is 2.32. The predicted molar refractivity (Wildman–Crippen MR) is 77.7 cm³/mol. The van der Waals surface area contributed by atoms with Crippen LogP contribution in [0.5, 0.6) is 0 Å². The molecule has 0 radical (unpaired) electrons. The van der Waals surface area contributed by atoms with E-state index in [9.17, 15) is 14.7 Å². The fraction of sp³-hybridized carbons (Fsp3) is 0.375. The molecule has 0 spiro atoms. The zero-order chi connectivity index (χ0) is 15.1. The summed E-state index contributed by atoms with van der Waals surface area (Å²) in [5.74, 6) is -1.06. The molecule has 112 valence electrons. The molecule has 0 fully saturated rings. The lowest BCUT2D eigenvalue weighted by molar-refractivity contribution is -0.138. The Kier molecular flexibility index (Phi) is 5.37. The number of alkyl carbamates (subject to hydrolysis) is 1. The third-order valence-corrected chi connectivity index (χ3v) is 3.42. The SMILES string of the molecule is O=C(NC(C(=O)O)C1=CCCCC1)OCc1ccccc1. The summed E-state index contributed by atoms with van der Waals surface area (Å²) in [5, 5.41) is 11.7. The molecule has 21 heavy (non-hydrogen) atoms. The molecule has 5 heteroatoms. The van der Waals surface area contributed by atoms with E-state index in [1.54, 1.807) is 0 Å². The van der Waals surface area contributed by atoms with Gasteiger partial charge in [0.25, 0.3) is 0 Å². The number of carbonyl (C=O) groups is 2. The lowest BCUT2D eigenvalue weighted by Crippen LogP contribution is -2.42. The molecule has 0 heterocycles. The number of benzene rings is 1. The van der Waals surface area contributed by atoms with Crippen molar-refractivity contribution in [1.29, 1.82) is 0 Å². The van der Waals surface area contributed by atoms with Crippen LogP contribution in [0.15, 0.2) is 42.0 Å². The van der Waals surface area contributed by atoms with Gasteiger partial charge in [-0.25, -0.2) is 9.59 Å². The molecule has 1 unspecified atom stereocenters. The van der Waals surface area contributed by atoms with E-state index in [1.165, 1.54) is 0 Å². The molecule has 1 amide bonds. The molecule has 1 aromatic carbocycles. The zero-order valence-electron chi connectivity index (χ0n) is 11.7. The van der Waals surface area contributed by atoms with Crippen LogP contribution in [-0.2, 0) is 16.1 Å². The van der Waals surface area contributed by atoms with Crippen molar-refractivity contribution in [3.05, 3.63) is 47.5 Å². The van der Waals surface area contributed by atoms with Crippen LogP contribution in [0.4, 0.5) is 4.79 Å². The summed E-state index contributed by atoms with van der Waals surface area (Å²) in [7, 11) is 0. The topological polar surface area (TPSA) is 75.6 Å². The van der Waals surface area contributed by atoms with Gasteiger partial charge in [-0.1, -0.05) is 36.4 Å². The zero-order valence-corrected chi connectivity index (χ0v) is 11.7. The van der Waals surface area contributed by atoms with Crippen LogP contribution in [0.3, 0.4) is 0 Å². The van der Waals surface area contributed by atoms with Gasteiger partial charge in [-0.15, -0.1) is 0 Å². The maximum Gasteiger partial charge on any atom is 0.408 e. The Morgan fingerprint density at radius 3 is 2.62 bits per heavy atom. The first-order valence-electron chi connectivity index (χ1n) is 7.06. The third kappa shape index (κ3) is 4.63. The molecule has 0 saturated carbocycles. The highest BCUT2D eigenvalue weighted by Gasteiger charge is 2.25. The largest absolute Gasteiger partial charge is 0.479 e. The van der Waals surface area contributed by atoms with Gasteiger partial charge in [0.2, 0.25) is 0 Å². The van der Waals surface area contributed by atoms with E-state index in [4.69, 9.17) is 4.74 Å². The molecule has 0 saturated heterocycles. The number of carboxylic acid groups (broad SMARTS) is 1. The minimum atomic E-state index is -1.06. The highest BCUT2D eigenvalue weighted by Crippen LogP contribution is 2.20. The first-order chi connectivity index (χ1) is 10.2. The van der Waals surface area contributed by atoms with Gasteiger partial charge in [-0.05, 0) is 36.8 Å². The highest BCUT2D eigenvalue weighted by molar-refractivity contribution is 5.83. The standard InChI is InChI=1S/C16H19NO4/c18-15(19)14(13-9-5-2-6-10-13)17-16(20)21-11-12-7-3-1-4-8-12/h1,3-4,7-9,14H,2,5-6,10-11H2,(H,17,20)(H,18,19). The van der Waals surface area contributed by atoms with Gasteiger partial charge in [0.15, 0.2) is 6.04 Å². The second-order valence-corrected chi connectivity index (χ2v) is 5.00. The van der Waals surface area contributed by atoms with Gasteiger partial charge in [-0.3, -0.25) is 0 Å². The molecule has 1 aliphatic carbocycles. The van der Waals surface area contributed by atoms with Crippen molar-refractivity contribution in [1.82, 2.24) is 5.32 Å². The van der Waals surface area contributed by atoms with Crippen molar-refractivity contribution in [2.45, 2.75) is 38.3 Å². The van der Waals surface area contributed by atoms with Crippen LogP contribution >= 0.6 is 0 Å². The van der Waals surface area contributed by atoms with E-state index in [1.807, 2.05) is 36.4 Å². The molecule has 0 aliphatic heterocycles. The third-order valence-electron chi connectivity index (χ3n) is 3.42. The van der Waals surface area contributed by atoms with Crippen LogP contribution < -0.4 is 5.32 Å². The van der Waals surface area contributed by atoms with Crippen molar-refractivity contribution in [2.75, 3.05) is 0 Å². The van der Waals surface area contributed by atoms with Crippen LogP contribution in [0, 0.1) is 0 Å². The van der Waals surface area contributed by atoms with Gasteiger partial charge in [0.1, 0.15) is 6.61 Å². The van der Waals surface area contributed by atoms with Crippen LogP contribution in [-0.4, -0.2) is 23.2 Å². The van der Waals surface area contributed by atoms with Crippen molar-refractivity contribution >= 4 is 12.1 Å². The van der Waals surface area contributed by atoms with Crippen LogP contribution in [0.2, 0.25) is 0 Å². The Hall–Kier alpha value is -2.30. The Bertz CT molecular complexity index is 524. The number of nitrogens with one attached hydrogen (secondary N) is 1. The quantitative estimate of drug-likeness (QED) is 0.817. The van der Waals surface area contributed by atoms with Crippen LogP contribution in [0.1, 0.15) is 31.2 Å². The van der Waals surface area contributed by atoms with Gasteiger partial charge >= 0.3 is 12.1 Å². The number of hydrogen-bond donors (Lipinski definition) is 2. The molecule has 2 rings (SSSR count). The van der Waals surface area contributed by atoms with E-state index in [2.05, 4.69) is 5.32 Å². The maximum atomic E-state index is 11.7. The fourth-order valence-electron chi connectivity index (χ4n) is 2.32. The Morgan fingerprint density at radius 2 is 2.00 bits per heavy atom. The summed E-state index contributed by atoms with van der Waals surface area (Å²) in [6.45, 7) is 0.123. The molecular formula is C16H19NO4. The Morgan fingerprint density at radius 1 is 1.24 bits per heavy atom. The second kappa shape index (κ2) is 7.47. The summed E-state index contributed by atoms with van der Waals surface area (Å²) in [6, 6.07) is 8.26. The first kappa shape index (κ1) is 15.1. The Balaban J connectivity index is 1.89. The number of carbonyl (C=O) groups excluding carboxylic acids is 1. The average molecular weight is 289 g/mol. The smallest absolute Gasteiger partial charge is 0.408 e. The summed E-state index contributed by atoms with van der Waals surface area (Å²) in [5.41, 5.74) is 1.61. The first-order valence-corrected chi connectivity index (χ1v) is 7.06. The number of ether oxygens (including phenoxy) is 1. The van der Waals surface area contributed by atoms with E-state index in [0.29, 0.717) is 6.42 Å². The van der Waals surface area contributed by atoms with Crippen molar-refractivity contribution in [2.24, 2.45) is 0 Å². The monoisotopic (exact) mass is 289 g/mol. The van der Waals surface area contributed by atoms with Crippen LogP contribution in [0.25, 0.3) is 0 Å². The van der Waals surface area contributed by atoms with Gasteiger partial charge in [-0.2, -0.15) is 0 Å². The summed E-state index contributed by atoms with van der Waals surface area (Å²) in [4.78, 5) is 23.0. The van der Waals surface area contributed by atoms with Crippen molar-refractivity contribution in [3.8, 4) is 0 Å². The highest BCUT2D eigenvalue weighted by atomic mass is 16.5. The van der Waals surface area contributed by atoms with E-state index in [-0.39, 0.29) is 6.61 Å². The normalized spacial score (nSPS) is 15.7. The van der Waals surface area contributed by atoms with E-state index >= 15 is 0 Å². The number of carboxylic acids is 1. The maximum absolute atomic E-state index is 11.7. The summed E-state index contributed by atoms with van der Waals surface area (Å²) < 4.78 is 5.06. The molecule has 1 aromatic rings. The second-order valence-electron chi connectivity index (χ2n) is 5.00. The molecule has 0 bridgehead atoms. The summed E-state index contributed by atoms with van der Waals surface area (Å²) in [6.07, 6.45) is 4.78. The molecule has 1 atom stereocenters. The van der Waals surface area contributed by atoms with Crippen molar-refractivity contribution < 1.29 is 19.4 Å². The number of aliphatic carboxylic acids is 1. The molecule has 0 aromatic heterocycles. The Labute approximate surface area is 123 Å². The van der Waals surface area contributed by atoms with Crippen molar-refractivity contribution in [3.63, 3.8) is 0 Å². The number of hydrogen-bond acceptors (Lipinski definition) is 3. The minimum Gasteiger partial charge on any atom is -0.479 e. The lowest BCUT2D eigenvalue weighted by atomic mass is 9.94. The number of rotatable bonds is 5. The number of allylic oxidation sites excluding steroid dienone is 1. The number of amides is 1. The molecular weight excluding hydrogens is 270 g/mol. The minimum absolute atomic E-state index is 0.123. The average Bonchev–Trinajstić information content (AvgIpc) is 2.52. The molecule has 1 aliphatic rings. The molecule has 5 nitrogen and oxygen atoms in total.